The highest BCUT2D eigenvalue weighted by molar-refractivity contribution is 7.71. The normalized spacial score (nSPS) is 15.5. The Labute approximate surface area is 212 Å². The Morgan fingerprint density at radius 1 is 0.972 bits per heavy atom. The molecule has 0 N–H and O–H groups in total. The third-order valence-corrected chi connectivity index (χ3v) is 6.23. The summed E-state index contributed by atoms with van der Waals surface area (Å²) < 4.78 is 53.4. The van der Waals surface area contributed by atoms with Gasteiger partial charge in [-0.15, -0.1) is 5.10 Å². The molecule has 0 radical (unpaired) electrons. The minimum Gasteiger partial charge on any atom is -0.493 e. The summed E-state index contributed by atoms with van der Waals surface area (Å²) in [6.07, 6.45) is -3.44. The van der Waals surface area contributed by atoms with Gasteiger partial charge in [-0.2, -0.15) is 22.9 Å². The Kier molecular flexibility index (Phi) is 8.07. The number of halogens is 3. The predicted octanol–water partition coefficient (Wildman–Crippen LogP) is 4.11. The highest BCUT2D eigenvalue weighted by atomic mass is 32.1. The molecule has 1 saturated heterocycles. The fourth-order valence-corrected chi connectivity index (χ4v) is 4.18. The maximum absolute atomic E-state index is 13.7. The molecule has 1 aromatic heterocycles. The van der Waals surface area contributed by atoms with Crippen molar-refractivity contribution in [3.05, 3.63) is 70.3 Å². The molecule has 0 atom stereocenters. The van der Waals surface area contributed by atoms with Gasteiger partial charge in [0.1, 0.15) is 0 Å². The minimum absolute atomic E-state index is 0.134. The number of alkyl halides is 3. The van der Waals surface area contributed by atoms with E-state index >= 15 is 0 Å². The van der Waals surface area contributed by atoms with Crippen LogP contribution in [-0.4, -0.2) is 70.9 Å². The van der Waals surface area contributed by atoms with E-state index in [-0.39, 0.29) is 11.4 Å². The van der Waals surface area contributed by atoms with Gasteiger partial charge < -0.3 is 9.47 Å². The number of nitrogens with zero attached hydrogens (tertiary/aromatic N) is 6. The summed E-state index contributed by atoms with van der Waals surface area (Å²) in [6, 6.07) is 15.1. The lowest BCUT2D eigenvalue weighted by Gasteiger charge is -2.34. The predicted molar refractivity (Wildman–Crippen MR) is 132 cm³/mol. The van der Waals surface area contributed by atoms with Gasteiger partial charge in [0.15, 0.2) is 11.5 Å². The van der Waals surface area contributed by atoms with E-state index in [0.29, 0.717) is 34.8 Å². The first kappa shape index (κ1) is 25.9. The third-order valence-electron chi connectivity index (χ3n) is 5.85. The largest absolute Gasteiger partial charge is 0.493 e. The first-order chi connectivity index (χ1) is 17.3. The molecular formula is C24H27F3N6O2S. The van der Waals surface area contributed by atoms with Crippen LogP contribution in [0.2, 0.25) is 0 Å². The van der Waals surface area contributed by atoms with Crippen LogP contribution in [0.5, 0.6) is 11.5 Å². The molecule has 1 aliphatic rings. The smallest absolute Gasteiger partial charge is 0.453 e. The summed E-state index contributed by atoms with van der Waals surface area (Å²) in [5.74, 6) is -0.242. The Balaban J connectivity index is 1.48. The average Bonchev–Trinajstić information content (AvgIpc) is 3.19. The van der Waals surface area contributed by atoms with Crippen molar-refractivity contribution in [2.24, 2.45) is 5.10 Å². The summed E-state index contributed by atoms with van der Waals surface area (Å²) >= 11 is 5.33. The maximum Gasteiger partial charge on any atom is 0.453 e. The highest BCUT2D eigenvalue weighted by Crippen LogP contribution is 2.29. The molecule has 0 amide bonds. The molecule has 2 aromatic carbocycles. The fraction of sp³-hybridized carbons (Fsp3) is 0.375. The van der Waals surface area contributed by atoms with Crippen molar-refractivity contribution in [3.8, 4) is 11.5 Å². The van der Waals surface area contributed by atoms with Gasteiger partial charge in [0.05, 0.1) is 27.1 Å². The highest BCUT2D eigenvalue weighted by Gasteiger charge is 2.39. The van der Waals surface area contributed by atoms with Gasteiger partial charge in [0.25, 0.3) is 5.82 Å². The molecular weight excluding hydrogens is 493 g/mol. The molecule has 0 saturated carbocycles. The van der Waals surface area contributed by atoms with Crippen molar-refractivity contribution in [3.63, 3.8) is 0 Å². The Morgan fingerprint density at radius 2 is 1.64 bits per heavy atom. The molecule has 0 unspecified atom stereocenters. The quantitative estimate of drug-likeness (QED) is 0.329. The van der Waals surface area contributed by atoms with E-state index in [4.69, 9.17) is 21.7 Å². The summed E-state index contributed by atoms with van der Waals surface area (Å²) in [5.41, 5.74) is 1.75. The van der Waals surface area contributed by atoms with Crippen LogP contribution < -0.4 is 9.47 Å². The molecule has 3 aromatic rings. The number of piperazine rings is 1. The second-order valence-corrected chi connectivity index (χ2v) is 8.66. The second kappa shape index (κ2) is 11.2. The van der Waals surface area contributed by atoms with Crippen LogP contribution in [0.3, 0.4) is 0 Å². The van der Waals surface area contributed by atoms with Gasteiger partial charge in [-0.25, -0.2) is 4.68 Å². The molecule has 0 spiro atoms. The number of ether oxygens (including phenoxy) is 2. The van der Waals surface area contributed by atoms with Crippen molar-refractivity contribution in [1.29, 1.82) is 0 Å². The van der Waals surface area contributed by atoms with Crippen LogP contribution in [-0.2, 0) is 19.4 Å². The van der Waals surface area contributed by atoms with Crippen molar-refractivity contribution in [1.82, 2.24) is 24.3 Å². The maximum atomic E-state index is 13.7. The van der Waals surface area contributed by atoms with Crippen LogP contribution in [0.1, 0.15) is 17.0 Å². The monoisotopic (exact) mass is 520 g/mol. The van der Waals surface area contributed by atoms with E-state index < -0.39 is 12.0 Å². The molecule has 192 valence electrons. The first-order valence-corrected chi connectivity index (χ1v) is 11.7. The van der Waals surface area contributed by atoms with E-state index in [1.807, 2.05) is 23.1 Å². The van der Waals surface area contributed by atoms with Crippen molar-refractivity contribution in [2.45, 2.75) is 19.4 Å². The number of hydrogen-bond acceptors (Lipinski definition) is 7. The molecule has 12 heteroatoms. The van der Waals surface area contributed by atoms with Crippen molar-refractivity contribution >= 4 is 18.4 Å². The number of methoxy groups -OCH3 is 2. The zero-order valence-electron chi connectivity index (χ0n) is 20.0. The minimum atomic E-state index is -4.72. The molecule has 1 fully saturated rings. The number of rotatable bonds is 8. The van der Waals surface area contributed by atoms with Gasteiger partial charge in [0.2, 0.25) is 4.77 Å². The summed E-state index contributed by atoms with van der Waals surface area (Å²) in [5, 5.41) is 7.78. The van der Waals surface area contributed by atoms with Gasteiger partial charge in [-0.3, -0.25) is 9.80 Å². The van der Waals surface area contributed by atoms with Crippen molar-refractivity contribution < 1.29 is 22.6 Å². The number of hydrogen-bond donors (Lipinski definition) is 0. The topological polar surface area (TPSA) is 60.0 Å². The SMILES string of the molecule is COc1ccc(/C=N\n2c(C(F)(F)F)nn(CN3CCN(Cc4ccccc4)CC3)c2=S)cc1OC. The van der Waals surface area contributed by atoms with Crippen LogP contribution in [0.15, 0.2) is 53.6 Å². The van der Waals surface area contributed by atoms with Crippen LogP contribution in [0.25, 0.3) is 0 Å². The molecule has 4 rings (SSSR count). The van der Waals surface area contributed by atoms with Crippen LogP contribution in [0.4, 0.5) is 13.2 Å². The fourth-order valence-electron chi connectivity index (χ4n) is 3.95. The van der Waals surface area contributed by atoms with E-state index in [1.165, 1.54) is 30.7 Å². The Bertz CT molecular complexity index is 1250. The lowest BCUT2D eigenvalue weighted by atomic mass is 10.2. The molecule has 1 aliphatic heterocycles. The third kappa shape index (κ3) is 6.12. The van der Waals surface area contributed by atoms with Crippen LogP contribution in [0, 0.1) is 4.77 Å². The summed E-state index contributed by atoms with van der Waals surface area (Å²) in [4.78, 5) is 4.35. The lowest BCUT2D eigenvalue weighted by Crippen LogP contribution is -2.46. The van der Waals surface area contributed by atoms with Gasteiger partial charge >= 0.3 is 6.18 Å². The van der Waals surface area contributed by atoms with E-state index in [2.05, 4.69) is 27.2 Å². The Morgan fingerprint density at radius 3 is 2.28 bits per heavy atom. The molecule has 8 nitrogen and oxygen atoms in total. The zero-order chi connectivity index (χ0) is 25.7. The lowest BCUT2D eigenvalue weighted by molar-refractivity contribution is -0.147. The Hall–Kier alpha value is -3.22. The number of benzene rings is 2. The summed E-state index contributed by atoms with van der Waals surface area (Å²) in [7, 11) is 2.97. The van der Waals surface area contributed by atoms with Gasteiger partial charge in [0, 0.05) is 32.7 Å². The van der Waals surface area contributed by atoms with E-state index in [1.54, 1.807) is 18.2 Å². The van der Waals surface area contributed by atoms with Gasteiger partial charge in [-0.1, -0.05) is 30.3 Å². The van der Waals surface area contributed by atoms with Crippen LogP contribution >= 0.6 is 12.2 Å². The second-order valence-electron chi connectivity index (χ2n) is 8.30. The molecule has 0 aliphatic carbocycles. The standard InChI is InChI=1S/C24H27F3N6O2S/c1-34-20-9-8-19(14-21(20)35-2)15-28-33-22(24(25,26)27)29-32(23(33)36)17-31-12-10-30(11-13-31)16-18-6-4-3-5-7-18/h3-9,14-15H,10-13,16-17H2,1-2H3/b28-15-. The number of aromatic nitrogens is 3. The average molecular weight is 521 g/mol. The van der Waals surface area contributed by atoms with Crippen molar-refractivity contribution in [2.75, 3.05) is 40.4 Å². The summed E-state index contributed by atoms with van der Waals surface area (Å²) in [6.45, 7) is 3.97. The zero-order valence-corrected chi connectivity index (χ0v) is 20.8. The first-order valence-electron chi connectivity index (χ1n) is 11.3. The van der Waals surface area contributed by atoms with Gasteiger partial charge in [-0.05, 0) is 41.5 Å². The molecule has 2 heterocycles. The molecule has 0 bridgehead atoms. The van der Waals surface area contributed by atoms with E-state index in [0.717, 1.165) is 19.6 Å². The van der Waals surface area contributed by atoms with E-state index in [9.17, 15) is 13.2 Å². The molecule has 36 heavy (non-hydrogen) atoms.